The van der Waals surface area contributed by atoms with Crippen LogP contribution < -0.4 is 15.0 Å². The van der Waals surface area contributed by atoms with Crippen LogP contribution in [0.1, 0.15) is 6.92 Å². The van der Waals surface area contributed by atoms with Gasteiger partial charge in [0.25, 0.3) is 5.69 Å². The molecule has 2 aromatic rings. The minimum atomic E-state index is -0.502. The first kappa shape index (κ1) is 19.6. The van der Waals surface area contributed by atoms with Crippen LogP contribution >= 0.6 is 0 Å². The highest BCUT2D eigenvalue weighted by atomic mass is 16.6. The van der Waals surface area contributed by atoms with Crippen LogP contribution in [0.4, 0.5) is 17.2 Å². The van der Waals surface area contributed by atoms with Crippen molar-refractivity contribution in [1.82, 2.24) is 9.88 Å². The summed E-state index contributed by atoms with van der Waals surface area (Å²) >= 11 is 0. The predicted molar refractivity (Wildman–Crippen MR) is 106 cm³/mol. The number of nitro groups is 1. The van der Waals surface area contributed by atoms with E-state index in [0.29, 0.717) is 5.69 Å². The van der Waals surface area contributed by atoms with Crippen LogP contribution in [0.2, 0.25) is 0 Å². The quantitative estimate of drug-likeness (QED) is 0.600. The van der Waals surface area contributed by atoms with Crippen LogP contribution in [0.15, 0.2) is 42.6 Å². The minimum Gasteiger partial charge on any atom is -0.494 e. The number of nitrogens with zero attached hydrogens (tertiary/aromatic N) is 4. The van der Waals surface area contributed by atoms with Crippen molar-refractivity contribution in [2.45, 2.75) is 13.0 Å². The number of rotatable bonds is 6. The van der Waals surface area contributed by atoms with E-state index >= 15 is 0 Å². The highest BCUT2D eigenvalue weighted by Gasteiger charge is 2.26. The molecule has 0 saturated carbocycles. The summed E-state index contributed by atoms with van der Waals surface area (Å²) in [4.78, 5) is 31.7. The van der Waals surface area contributed by atoms with Gasteiger partial charge in [-0.05, 0) is 25.1 Å². The molecule has 28 heavy (non-hydrogen) atoms. The van der Waals surface area contributed by atoms with Crippen molar-refractivity contribution in [3.63, 3.8) is 0 Å². The van der Waals surface area contributed by atoms with E-state index in [-0.39, 0.29) is 23.4 Å². The molecular weight excluding hydrogens is 362 g/mol. The minimum absolute atomic E-state index is 0.0893. The maximum absolute atomic E-state index is 12.7. The van der Waals surface area contributed by atoms with Crippen molar-refractivity contribution in [3.05, 3.63) is 52.7 Å². The van der Waals surface area contributed by atoms with E-state index in [1.807, 2.05) is 25.1 Å². The third-order valence-corrected chi connectivity index (χ3v) is 4.87. The third kappa shape index (κ3) is 4.37. The van der Waals surface area contributed by atoms with Gasteiger partial charge in [-0.25, -0.2) is 4.98 Å². The summed E-state index contributed by atoms with van der Waals surface area (Å²) in [5, 5.41) is 13.7. The van der Waals surface area contributed by atoms with Crippen molar-refractivity contribution in [3.8, 4) is 5.75 Å². The number of ether oxygens (including phenoxy) is 1. The Morgan fingerprint density at radius 1 is 1.25 bits per heavy atom. The molecule has 9 heteroatoms. The number of hydrogen-bond acceptors (Lipinski definition) is 7. The Balaban J connectivity index is 1.60. The van der Waals surface area contributed by atoms with Crippen molar-refractivity contribution in [2.75, 3.05) is 43.5 Å². The molecule has 2 heterocycles. The van der Waals surface area contributed by atoms with E-state index in [1.54, 1.807) is 6.20 Å². The fraction of sp³-hybridized carbons (Fsp3) is 0.368. The average molecular weight is 385 g/mol. The molecule has 0 aliphatic carbocycles. The number of aromatic nitrogens is 1. The number of non-ortho nitro benzene ring substituents is 1. The second-order valence-corrected chi connectivity index (χ2v) is 6.52. The first-order chi connectivity index (χ1) is 13.5. The Hall–Kier alpha value is -3.20. The van der Waals surface area contributed by atoms with Gasteiger partial charge in [0, 0.05) is 38.4 Å². The molecule has 1 N–H and O–H groups in total. The second-order valence-electron chi connectivity index (χ2n) is 6.52. The van der Waals surface area contributed by atoms with Gasteiger partial charge < -0.3 is 15.0 Å². The molecule has 0 unspecified atom stereocenters. The fourth-order valence-corrected chi connectivity index (χ4v) is 3.18. The Labute approximate surface area is 163 Å². The van der Waals surface area contributed by atoms with Gasteiger partial charge in [0.2, 0.25) is 5.91 Å². The van der Waals surface area contributed by atoms with E-state index in [0.717, 1.165) is 32.0 Å². The summed E-state index contributed by atoms with van der Waals surface area (Å²) < 4.78 is 5.18. The Morgan fingerprint density at radius 2 is 2.00 bits per heavy atom. The summed E-state index contributed by atoms with van der Waals surface area (Å²) in [5.74, 6) is 1.02. The van der Waals surface area contributed by atoms with Gasteiger partial charge in [-0.15, -0.1) is 0 Å². The number of amides is 1. The highest BCUT2D eigenvalue weighted by molar-refractivity contribution is 5.96. The predicted octanol–water partition coefficient (Wildman–Crippen LogP) is 2.15. The van der Waals surface area contributed by atoms with Crippen LogP contribution in [0.25, 0.3) is 0 Å². The first-order valence-electron chi connectivity index (χ1n) is 9.03. The Bertz CT molecular complexity index is 837. The number of carbonyl (C=O) groups is 1. The number of benzene rings is 1. The van der Waals surface area contributed by atoms with E-state index in [1.165, 1.54) is 25.3 Å². The molecule has 1 saturated heterocycles. The standard InChI is InChI=1S/C19H23N5O4/c1-14(22-9-11-23(12-10-22)18-5-3-4-8-20-18)19(25)21-16-7-6-15(24(26)27)13-17(16)28-2/h3-8,13-14H,9-12H2,1-2H3,(H,21,25)/t14-/m0/s1. The van der Waals surface area contributed by atoms with Crippen LogP contribution in [-0.4, -0.2) is 60.0 Å². The van der Waals surface area contributed by atoms with E-state index in [2.05, 4.69) is 20.1 Å². The number of methoxy groups -OCH3 is 1. The highest BCUT2D eigenvalue weighted by Crippen LogP contribution is 2.29. The molecule has 1 atom stereocenters. The molecule has 0 bridgehead atoms. The summed E-state index contributed by atoms with van der Waals surface area (Å²) in [6.45, 7) is 4.90. The summed E-state index contributed by atoms with van der Waals surface area (Å²) in [5.41, 5.74) is 0.325. The first-order valence-corrected chi connectivity index (χ1v) is 9.03. The SMILES string of the molecule is COc1cc([N+](=O)[O-])ccc1NC(=O)[C@H](C)N1CCN(c2ccccn2)CC1. The van der Waals surface area contributed by atoms with E-state index in [9.17, 15) is 14.9 Å². The number of piperazine rings is 1. The van der Waals surface area contributed by atoms with E-state index in [4.69, 9.17) is 4.74 Å². The molecule has 148 valence electrons. The van der Waals surface area contributed by atoms with Gasteiger partial charge in [0.05, 0.1) is 29.8 Å². The van der Waals surface area contributed by atoms with E-state index < -0.39 is 4.92 Å². The third-order valence-electron chi connectivity index (χ3n) is 4.87. The molecule has 1 aliphatic rings. The zero-order valence-corrected chi connectivity index (χ0v) is 15.9. The normalized spacial score (nSPS) is 15.7. The summed E-state index contributed by atoms with van der Waals surface area (Å²) in [7, 11) is 1.41. The largest absolute Gasteiger partial charge is 0.494 e. The Kier molecular flexibility index (Phi) is 6.05. The molecule has 9 nitrogen and oxygen atoms in total. The number of pyridine rings is 1. The summed E-state index contributed by atoms with van der Waals surface area (Å²) in [6.07, 6.45) is 1.77. The number of nitro benzene ring substituents is 1. The number of carbonyl (C=O) groups excluding carboxylic acids is 1. The van der Waals surface area contributed by atoms with Gasteiger partial charge >= 0.3 is 0 Å². The molecule has 1 aromatic heterocycles. The van der Waals surface area contributed by atoms with Crippen molar-refractivity contribution in [2.24, 2.45) is 0 Å². The van der Waals surface area contributed by atoms with Crippen molar-refractivity contribution >= 4 is 23.1 Å². The van der Waals surface area contributed by atoms with Gasteiger partial charge in [-0.3, -0.25) is 19.8 Å². The molecule has 0 spiro atoms. The summed E-state index contributed by atoms with van der Waals surface area (Å²) in [6, 6.07) is 9.61. The lowest BCUT2D eigenvalue weighted by molar-refractivity contribution is -0.384. The number of nitrogens with one attached hydrogen (secondary N) is 1. The molecule has 3 rings (SSSR count). The maximum atomic E-state index is 12.7. The van der Waals surface area contributed by atoms with Crippen LogP contribution in [-0.2, 0) is 4.79 Å². The Morgan fingerprint density at radius 3 is 2.61 bits per heavy atom. The molecule has 1 aromatic carbocycles. The van der Waals surface area contributed by atoms with Gasteiger partial charge in [-0.1, -0.05) is 6.07 Å². The van der Waals surface area contributed by atoms with Crippen LogP contribution in [0.3, 0.4) is 0 Å². The zero-order chi connectivity index (χ0) is 20.1. The van der Waals surface area contributed by atoms with Crippen molar-refractivity contribution < 1.29 is 14.5 Å². The molecular formula is C19H23N5O4. The van der Waals surface area contributed by atoms with Gasteiger partial charge in [0.15, 0.2) is 0 Å². The molecule has 1 fully saturated rings. The van der Waals surface area contributed by atoms with Crippen LogP contribution in [0, 0.1) is 10.1 Å². The lowest BCUT2D eigenvalue weighted by atomic mass is 10.2. The fourth-order valence-electron chi connectivity index (χ4n) is 3.18. The number of hydrogen-bond donors (Lipinski definition) is 1. The van der Waals surface area contributed by atoms with Gasteiger partial charge in [0.1, 0.15) is 11.6 Å². The molecule has 1 amide bonds. The number of anilines is 2. The lowest BCUT2D eigenvalue weighted by Crippen LogP contribution is -2.53. The zero-order valence-electron chi connectivity index (χ0n) is 15.9. The second kappa shape index (κ2) is 8.66. The lowest BCUT2D eigenvalue weighted by Gasteiger charge is -2.37. The smallest absolute Gasteiger partial charge is 0.273 e. The topological polar surface area (TPSA) is 101 Å². The molecule has 0 radical (unpaired) electrons. The average Bonchev–Trinajstić information content (AvgIpc) is 2.74. The van der Waals surface area contributed by atoms with Gasteiger partial charge in [-0.2, -0.15) is 0 Å². The van der Waals surface area contributed by atoms with Crippen LogP contribution in [0.5, 0.6) is 5.75 Å². The maximum Gasteiger partial charge on any atom is 0.273 e. The van der Waals surface area contributed by atoms with Crippen molar-refractivity contribution in [1.29, 1.82) is 0 Å². The monoisotopic (exact) mass is 385 g/mol. The molecule has 1 aliphatic heterocycles.